The van der Waals surface area contributed by atoms with Gasteiger partial charge in [-0.15, -0.1) is 0 Å². The van der Waals surface area contributed by atoms with E-state index in [0.29, 0.717) is 11.5 Å². The second-order valence-corrected chi connectivity index (χ2v) is 11.5. The molecule has 0 saturated carbocycles. The molecule has 0 atom stereocenters. The number of nitrogens with zero attached hydrogens (tertiary/aromatic N) is 4. The molecule has 0 radical (unpaired) electrons. The van der Waals surface area contributed by atoms with Crippen LogP contribution in [0, 0.1) is 0 Å². The highest BCUT2D eigenvalue weighted by Crippen LogP contribution is 2.44. The van der Waals surface area contributed by atoms with Gasteiger partial charge in [0.25, 0.3) is 0 Å². The first-order valence-electron chi connectivity index (χ1n) is 15.7. The quantitative estimate of drug-likeness (QED) is 0.173. The second-order valence-electron chi connectivity index (χ2n) is 11.5. The summed E-state index contributed by atoms with van der Waals surface area (Å²) in [4.78, 5) is 18.4. The van der Waals surface area contributed by atoms with Crippen LogP contribution in [0.15, 0.2) is 167 Å². The fraction of sp³-hybridized carbons (Fsp3) is 0. The number of fused-ring (bicyclic) bond motifs is 2. The van der Waals surface area contributed by atoms with Crippen LogP contribution in [0.2, 0.25) is 0 Å². The van der Waals surface area contributed by atoms with Crippen LogP contribution in [0.25, 0.3) is 89.2 Å². The van der Waals surface area contributed by atoms with Gasteiger partial charge in [0.05, 0.1) is 23.8 Å². The molecule has 0 fully saturated rings. The van der Waals surface area contributed by atoms with Gasteiger partial charge in [-0.25, -0.2) is 19.9 Å². The largest absolute Gasteiger partial charge is 0.442 e. The van der Waals surface area contributed by atoms with E-state index in [1.807, 2.05) is 30.3 Å². The smallest absolute Gasteiger partial charge is 0.181 e. The fourth-order valence-electron chi connectivity index (χ4n) is 6.50. The lowest BCUT2D eigenvalue weighted by atomic mass is 9.87. The maximum absolute atomic E-state index is 5.63. The van der Waals surface area contributed by atoms with Gasteiger partial charge in [0.1, 0.15) is 11.4 Å². The van der Waals surface area contributed by atoms with Gasteiger partial charge >= 0.3 is 0 Å². The number of hydrogen-bond donors (Lipinski definition) is 0. The predicted octanol–water partition coefficient (Wildman–Crippen LogP) is 10.8. The molecule has 0 aliphatic rings. The number of benzene rings is 5. The van der Waals surface area contributed by atoms with Crippen molar-refractivity contribution in [3.05, 3.63) is 159 Å². The molecule has 5 aromatic carbocycles. The van der Waals surface area contributed by atoms with Gasteiger partial charge in [0.15, 0.2) is 24.3 Å². The van der Waals surface area contributed by atoms with Crippen molar-refractivity contribution < 1.29 is 8.83 Å². The Labute approximate surface area is 276 Å². The van der Waals surface area contributed by atoms with Crippen molar-refractivity contribution in [3.8, 4) is 67.7 Å². The molecule has 4 heterocycles. The van der Waals surface area contributed by atoms with Crippen LogP contribution in [0.4, 0.5) is 0 Å². The Hall–Kier alpha value is -6.66. The van der Waals surface area contributed by atoms with E-state index in [9.17, 15) is 0 Å². The Bertz CT molecular complexity index is 2540. The number of aromatic nitrogens is 4. The van der Waals surface area contributed by atoms with Crippen molar-refractivity contribution in [1.29, 1.82) is 0 Å². The maximum Gasteiger partial charge on any atom is 0.181 e. The van der Waals surface area contributed by atoms with Gasteiger partial charge in [-0.2, -0.15) is 0 Å². The Morgan fingerprint density at radius 3 is 1.38 bits per heavy atom. The fourth-order valence-corrected chi connectivity index (χ4v) is 6.50. The third-order valence-electron chi connectivity index (χ3n) is 8.73. The molecular weight excluding hydrogens is 592 g/mol. The lowest BCUT2D eigenvalue weighted by Gasteiger charge is -2.18. The van der Waals surface area contributed by atoms with Crippen molar-refractivity contribution >= 4 is 21.5 Å². The summed E-state index contributed by atoms with van der Waals surface area (Å²) >= 11 is 0. The first-order chi connectivity index (χ1) is 23.8. The van der Waals surface area contributed by atoms with Gasteiger partial charge in [0, 0.05) is 11.1 Å². The summed E-state index contributed by atoms with van der Waals surface area (Å²) in [6.45, 7) is 0. The van der Waals surface area contributed by atoms with Gasteiger partial charge in [-0.05, 0) is 74.1 Å². The topological polar surface area (TPSA) is 77.8 Å². The SMILES string of the molecule is c1ccc(-c2ccc(-c3ccc4c(-c5cccc(-c6cnco6)n5)c5ccccc5c(-c5cccc(-c6cnco6)n5)c4c3)cc2)cc1. The molecule has 0 aliphatic heterocycles. The van der Waals surface area contributed by atoms with Crippen LogP contribution >= 0.6 is 0 Å². The van der Waals surface area contributed by atoms with Crippen molar-refractivity contribution in [1.82, 2.24) is 19.9 Å². The minimum atomic E-state index is 0.620. The van der Waals surface area contributed by atoms with Crippen molar-refractivity contribution in [2.24, 2.45) is 0 Å². The van der Waals surface area contributed by atoms with Gasteiger partial charge in [-0.1, -0.05) is 103 Å². The Morgan fingerprint density at radius 1 is 0.354 bits per heavy atom. The highest BCUT2D eigenvalue weighted by atomic mass is 16.3. The molecule has 9 rings (SSSR count). The second kappa shape index (κ2) is 11.6. The Kier molecular flexibility index (Phi) is 6.68. The summed E-state index contributed by atoms with van der Waals surface area (Å²) in [6, 6.07) is 46.4. The number of hydrogen-bond acceptors (Lipinski definition) is 6. The summed E-state index contributed by atoms with van der Waals surface area (Å²) in [5.41, 5.74) is 9.84. The van der Waals surface area contributed by atoms with E-state index in [2.05, 4.69) is 113 Å². The summed E-state index contributed by atoms with van der Waals surface area (Å²) in [5, 5.41) is 4.30. The molecular formula is C42H26N4O2. The molecule has 0 spiro atoms. The van der Waals surface area contributed by atoms with E-state index in [1.165, 1.54) is 23.9 Å². The van der Waals surface area contributed by atoms with Crippen LogP contribution in [0.1, 0.15) is 0 Å². The normalized spacial score (nSPS) is 11.3. The van der Waals surface area contributed by atoms with Crippen molar-refractivity contribution in [2.75, 3.05) is 0 Å². The lowest BCUT2D eigenvalue weighted by molar-refractivity contribution is 0.569. The molecule has 226 valence electrons. The maximum atomic E-state index is 5.63. The molecule has 0 saturated heterocycles. The molecule has 0 amide bonds. The van der Waals surface area contributed by atoms with Crippen molar-refractivity contribution in [3.63, 3.8) is 0 Å². The van der Waals surface area contributed by atoms with E-state index < -0.39 is 0 Å². The van der Waals surface area contributed by atoms with Gasteiger partial charge in [0.2, 0.25) is 0 Å². The van der Waals surface area contributed by atoms with Crippen LogP contribution in [0.3, 0.4) is 0 Å². The Morgan fingerprint density at radius 2 is 0.812 bits per heavy atom. The molecule has 6 heteroatoms. The van der Waals surface area contributed by atoms with E-state index in [1.54, 1.807) is 12.4 Å². The number of oxazole rings is 2. The van der Waals surface area contributed by atoms with Crippen molar-refractivity contribution in [2.45, 2.75) is 0 Å². The average molecular weight is 619 g/mol. The number of rotatable bonds is 6. The third-order valence-corrected chi connectivity index (χ3v) is 8.73. The third kappa shape index (κ3) is 4.84. The van der Waals surface area contributed by atoms with E-state index in [4.69, 9.17) is 18.8 Å². The molecule has 0 bridgehead atoms. The molecule has 6 nitrogen and oxygen atoms in total. The van der Waals surface area contributed by atoms with E-state index >= 15 is 0 Å². The Balaban J connectivity index is 1.30. The van der Waals surface area contributed by atoms with Crippen LogP contribution in [0.5, 0.6) is 0 Å². The van der Waals surface area contributed by atoms with Crippen LogP contribution in [-0.4, -0.2) is 19.9 Å². The molecule has 4 aromatic heterocycles. The first-order valence-corrected chi connectivity index (χ1v) is 15.7. The highest BCUT2D eigenvalue weighted by Gasteiger charge is 2.20. The molecule has 0 aliphatic carbocycles. The number of pyridine rings is 2. The summed E-state index contributed by atoms with van der Waals surface area (Å²) < 4.78 is 11.2. The zero-order valence-corrected chi connectivity index (χ0v) is 25.6. The highest BCUT2D eigenvalue weighted by molar-refractivity contribution is 6.21. The molecule has 48 heavy (non-hydrogen) atoms. The summed E-state index contributed by atoms with van der Waals surface area (Å²) in [5.74, 6) is 1.24. The summed E-state index contributed by atoms with van der Waals surface area (Å²) in [6.07, 6.45) is 6.24. The molecule has 0 unspecified atom stereocenters. The monoisotopic (exact) mass is 618 g/mol. The zero-order chi connectivity index (χ0) is 31.9. The minimum absolute atomic E-state index is 0.620. The predicted molar refractivity (Wildman–Crippen MR) is 190 cm³/mol. The van der Waals surface area contributed by atoms with Gasteiger partial charge in [-0.3, -0.25) is 0 Å². The van der Waals surface area contributed by atoms with E-state index in [-0.39, 0.29) is 0 Å². The molecule has 9 aromatic rings. The van der Waals surface area contributed by atoms with E-state index in [0.717, 1.165) is 66.6 Å². The first kappa shape index (κ1) is 27.6. The standard InChI is InChI=1S/C42H26N4O2/c1-2-8-27(9-3-1)28-16-18-29(19-17-28)30-20-21-33-34(22-30)42(38-15-7-13-36(46-38)40-24-44-26-48-40)32-11-5-4-10-31(32)41(33)37-14-6-12-35(45-37)39-23-43-25-47-39/h1-26H. The minimum Gasteiger partial charge on any atom is -0.442 e. The molecule has 0 N–H and O–H groups in total. The van der Waals surface area contributed by atoms with Crippen LogP contribution < -0.4 is 0 Å². The average Bonchev–Trinajstić information content (AvgIpc) is 3.90. The van der Waals surface area contributed by atoms with Crippen LogP contribution in [-0.2, 0) is 0 Å². The zero-order valence-electron chi connectivity index (χ0n) is 25.6. The lowest BCUT2D eigenvalue weighted by Crippen LogP contribution is -1.95. The summed E-state index contributed by atoms with van der Waals surface area (Å²) in [7, 11) is 0. The van der Waals surface area contributed by atoms with Gasteiger partial charge < -0.3 is 8.83 Å².